The van der Waals surface area contributed by atoms with Crippen LogP contribution in [0.2, 0.25) is 0 Å². The summed E-state index contributed by atoms with van der Waals surface area (Å²) in [6, 6.07) is 3.43. The summed E-state index contributed by atoms with van der Waals surface area (Å²) in [5.74, 6) is 0.634. The van der Waals surface area contributed by atoms with Gasteiger partial charge in [0, 0.05) is 32.6 Å². The summed E-state index contributed by atoms with van der Waals surface area (Å²) in [7, 11) is 3.43. The van der Waals surface area contributed by atoms with Crippen LogP contribution in [0, 0.1) is 0 Å². The van der Waals surface area contributed by atoms with Crippen molar-refractivity contribution in [3.8, 4) is 0 Å². The SMILES string of the molecule is CN1C(=O)CN(c2cc(C3CC3)cn3cc(CN(C)c4cnnc(N)c4)nc23)C1=O. The molecule has 0 spiro atoms. The zero-order chi connectivity index (χ0) is 21.0. The van der Waals surface area contributed by atoms with Crippen LogP contribution in [0.1, 0.15) is 30.0 Å². The molecule has 4 heterocycles. The summed E-state index contributed by atoms with van der Waals surface area (Å²) in [6.45, 7) is 0.557. The number of nitrogen functional groups attached to an aromatic ring is 1. The minimum atomic E-state index is -0.324. The van der Waals surface area contributed by atoms with Crippen molar-refractivity contribution in [3.05, 3.63) is 42.0 Å². The van der Waals surface area contributed by atoms with Crippen molar-refractivity contribution in [1.82, 2.24) is 24.5 Å². The average Bonchev–Trinajstić information content (AvgIpc) is 3.45. The van der Waals surface area contributed by atoms with Crippen LogP contribution in [0.3, 0.4) is 0 Å². The van der Waals surface area contributed by atoms with Gasteiger partial charge in [-0.2, -0.15) is 5.10 Å². The maximum atomic E-state index is 12.6. The highest BCUT2D eigenvalue weighted by atomic mass is 16.2. The summed E-state index contributed by atoms with van der Waals surface area (Å²) in [6.07, 6.45) is 7.96. The number of likely N-dealkylation sites (N-methyl/N-ethyl adjacent to an activating group) is 1. The third kappa shape index (κ3) is 3.10. The van der Waals surface area contributed by atoms with E-state index < -0.39 is 0 Å². The van der Waals surface area contributed by atoms with Gasteiger partial charge in [-0.1, -0.05) is 0 Å². The number of aromatic nitrogens is 4. The Labute approximate surface area is 172 Å². The summed E-state index contributed by atoms with van der Waals surface area (Å²) >= 11 is 0. The highest BCUT2D eigenvalue weighted by Gasteiger charge is 2.36. The molecule has 154 valence electrons. The van der Waals surface area contributed by atoms with Gasteiger partial charge in [0.1, 0.15) is 12.4 Å². The molecule has 2 aliphatic rings. The molecule has 0 radical (unpaired) electrons. The number of carbonyl (C=O) groups excluding carboxylic acids is 2. The van der Waals surface area contributed by atoms with E-state index in [1.54, 1.807) is 12.3 Å². The van der Waals surface area contributed by atoms with Crippen molar-refractivity contribution in [2.75, 3.05) is 36.2 Å². The molecule has 2 fully saturated rings. The largest absolute Gasteiger partial charge is 0.382 e. The lowest BCUT2D eigenvalue weighted by atomic mass is 10.1. The van der Waals surface area contributed by atoms with E-state index in [0.717, 1.165) is 34.7 Å². The molecule has 5 rings (SSSR count). The third-order valence-electron chi connectivity index (χ3n) is 5.63. The second-order valence-corrected chi connectivity index (χ2v) is 7.91. The first kappa shape index (κ1) is 18.3. The number of fused-ring (bicyclic) bond motifs is 1. The number of anilines is 3. The number of rotatable bonds is 5. The van der Waals surface area contributed by atoms with E-state index in [1.165, 1.54) is 11.9 Å². The Morgan fingerprint density at radius 3 is 2.70 bits per heavy atom. The minimum Gasteiger partial charge on any atom is -0.382 e. The molecule has 1 saturated carbocycles. The zero-order valence-corrected chi connectivity index (χ0v) is 16.8. The summed E-state index contributed by atoms with van der Waals surface area (Å²) in [5, 5.41) is 7.68. The molecule has 30 heavy (non-hydrogen) atoms. The van der Waals surface area contributed by atoms with Gasteiger partial charge in [0.15, 0.2) is 5.65 Å². The molecule has 3 aromatic rings. The molecule has 1 aliphatic carbocycles. The molecule has 3 amide bonds. The van der Waals surface area contributed by atoms with Gasteiger partial charge in [-0.3, -0.25) is 14.6 Å². The van der Waals surface area contributed by atoms with E-state index >= 15 is 0 Å². The Kier molecular flexibility index (Phi) is 4.09. The van der Waals surface area contributed by atoms with Crippen molar-refractivity contribution >= 4 is 34.8 Å². The Bertz CT molecular complexity index is 1170. The maximum absolute atomic E-state index is 12.6. The summed E-state index contributed by atoms with van der Waals surface area (Å²) in [5.41, 5.74) is 9.89. The summed E-state index contributed by atoms with van der Waals surface area (Å²) < 4.78 is 1.96. The smallest absolute Gasteiger partial charge is 0.331 e. The monoisotopic (exact) mass is 406 g/mol. The standard InChI is InChI=1S/C20H22N8O2/c1-25(15-6-17(21)24-22-7-15)9-14-10-27-8-13(12-3-4-12)5-16(19(27)23-14)28-11-18(29)26(2)20(28)30/h5-8,10,12H,3-4,9,11H2,1-2H3,(H2,21,24). The van der Waals surface area contributed by atoms with Crippen molar-refractivity contribution < 1.29 is 9.59 Å². The quantitative estimate of drug-likeness (QED) is 0.641. The molecule has 2 N–H and O–H groups in total. The fourth-order valence-electron chi connectivity index (χ4n) is 3.77. The number of imide groups is 1. The Hall–Kier alpha value is -3.69. The highest BCUT2D eigenvalue weighted by molar-refractivity contribution is 6.13. The molecule has 10 nitrogen and oxygen atoms in total. The molecule has 0 unspecified atom stereocenters. The van der Waals surface area contributed by atoms with E-state index in [4.69, 9.17) is 10.7 Å². The van der Waals surface area contributed by atoms with Crippen LogP contribution in [0.25, 0.3) is 5.65 Å². The van der Waals surface area contributed by atoms with Gasteiger partial charge in [-0.25, -0.2) is 9.78 Å². The number of hydrogen-bond donors (Lipinski definition) is 1. The van der Waals surface area contributed by atoms with E-state index in [1.807, 2.05) is 28.6 Å². The molecule has 10 heteroatoms. The number of nitrogens with zero attached hydrogens (tertiary/aromatic N) is 7. The van der Waals surface area contributed by atoms with E-state index in [-0.39, 0.29) is 18.5 Å². The molecule has 0 atom stereocenters. The van der Waals surface area contributed by atoms with Gasteiger partial charge < -0.3 is 15.0 Å². The van der Waals surface area contributed by atoms with Crippen LogP contribution >= 0.6 is 0 Å². The van der Waals surface area contributed by atoms with Crippen molar-refractivity contribution in [1.29, 1.82) is 0 Å². The van der Waals surface area contributed by atoms with Crippen molar-refractivity contribution in [3.63, 3.8) is 0 Å². The third-order valence-corrected chi connectivity index (χ3v) is 5.63. The van der Waals surface area contributed by atoms with E-state index in [2.05, 4.69) is 16.4 Å². The molecular weight excluding hydrogens is 384 g/mol. The van der Waals surface area contributed by atoms with Gasteiger partial charge >= 0.3 is 6.03 Å². The number of carbonyl (C=O) groups is 2. The number of urea groups is 1. The summed E-state index contributed by atoms with van der Waals surface area (Å²) in [4.78, 5) is 34.1. The molecule has 0 aromatic carbocycles. The normalized spacial score (nSPS) is 16.7. The lowest BCUT2D eigenvalue weighted by Gasteiger charge is -2.17. The van der Waals surface area contributed by atoms with Crippen LogP contribution in [0.5, 0.6) is 0 Å². The first-order valence-corrected chi connectivity index (χ1v) is 9.79. The van der Waals surface area contributed by atoms with Crippen LogP contribution in [0.15, 0.2) is 30.7 Å². The molecule has 1 aliphatic heterocycles. The Morgan fingerprint density at radius 2 is 2.03 bits per heavy atom. The predicted octanol–water partition coefficient (Wildman–Crippen LogP) is 1.62. The first-order chi connectivity index (χ1) is 14.4. The van der Waals surface area contributed by atoms with Crippen LogP contribution < -0.4 is 15.5 Å². The zero-order valence-electron chi connectivity index (χ0n) is 16.8. The molecule has 1 saturated heterocycles. The molecule has 0 bridgehead atoms. The first-order valence-electron chi connectivity index (χ1n) is 9.79. The fraction of sp³-hybridized carbons (Fsp3) is 0.350. The van der Waals surface area contributed by atoms with E-state index in [0.29, 0.717) is 29.6 Å². The second kappa shape index (κ2) is 6.68. The highest BCUT2D eigenvalue weighted by Crippen LogP contribution is 2.42. The Morgan fingerprint density at radius 1 is 1.23 bits per heavy atom. The number of pyridine rings is 1. The van der Waals surface area contributed by atoms with Gasteiger partial charge in [-0.05, 0) is 30.4 Å². The lowest BCUT2D eigenvalue weighted by Crippen LogP contribution is -2.30. The number of amides is 3. The molecule has 3 aromatic heterocycles. The number of nitrogens with two attached hydrogens (primary N) is 1. The van der Waals surface area contributed by atoms with Crippen molar-refractivity contribution in [2.24, 2.45) is 0 Å². The average molecular weight is 406 g/mol. The van der Waals surface area contributed by atoms with Crippen molar-refractivity contribution in [2.45, 2.75) is 25.3 Å². The van der Waals surface area contributed by atoms with Gasteiger partial charge in [0.05, 0.1) is 29.8 Å². The minimum absolute atomic E-state index is 0.0309. The fourth-order valence-corrected chi connectivity index (χ4v) is 3.77. The van der Waals surface area contributed by atoms with E-state index in [9.17, 15) is 9.59 Å². The maximum Gasteiger partial charge on any atom is 0.331 e. The topological polar surface area (TPSA) is 113 Å². The predicted molar refractivity (Wildman–Crippen MR) is 111 cm³/mol. The van der Waals surface area contributed by atoms with Crippen LogP contribution in [-0.4, -0.2) is 57.1 Å². The molecular formula is C20H22N8O2. The van der Waals surface area contributed by atoms with Crippen LogP contribution in [-0.2, 0) is 11.3 Å². The second-order valence-electron chi connectivity index (χ2n) is 7.91. The number of hydrogen-bond acceptors (Lipinski definition) is 7. The van der Waals surface area contributed by atoms with Crippen LogP contribution in [0.4, 0.5) is 22.0 Å². The van der Waals surface area contributed by atoms with Gasteiger partial charge in [-0.15, -0.1) is 5.10 Å². The Balaban J connectivity index is 1.53. The van der Waals surface area contributed by atoms with Gasteiger partial charge in [0.25, 0.3) is 0 Å². The number of imidazole rings is 1. The lowest BCUT2D eigenvalue weighted by molar-refractivity contribution is -0.123. The van der Waals surface area contributed by atoms with Gasteiger partial charge in [0.2, 0.25) is 5.91 Å².